The van der Waals surface area contributed by atoms with Gasteiger partial charge in [-0.25, -0.2) is 9.18 Å². The third-order valence-corrected chi connectivity index (χ3v) is 5.60. The third kappa shape index (κ3) is 4.66. The lowest BCUT2D eigenvalue weighted by atomic mass is 9.88. The summed E-state index contributed by atoms with van der Waals surface area (Å²) in [6, 6.07) is 5.44. The van der Waals surface area contributed by atoms with Crippen LogP contribution in [0.4, 0.5) is 9.39 Å². The molecule has 7 heteroatoms. The monoisotopic (exact) mass is 391 g/mol. The van der Waals surface area contributed by atoms with E-state index in [-0.39, 0.29) is 24.9 Å². The van der Waals surface area contributed by atoms with Gasteiger partial charge in [-0.2, -0.15) is 0 Å². The smallest absolute Gasteiger partial charge is 0.341 e. The number of amides is 1. The first-order valence-electron chi connectivity index (χ1n) is 8.97. The Morgan fingerprint density at radius 1 is 1.30 bits per heavy atom. The second-order valence-electron chi connectivity index (χ2n) is 6.57. The van der Waals surface area contributed by atoms with Gasteiger partial charge in [-0.15, -0.1) is 11.3 Å². The molecule has 1 aliphatic rings. The summed E-state index contributed by atoms with van der Waals surface area (Å²) in [7, 11) is 0. The fourth-order valence-corrected chi connectivity index (χ4v) is 4.52. The van der Waals surface area contributed by atoms with Crippen molar-refractivity contribution >= 4 is 28.2 Å². The highest BCUT2D eigenvalue weighted by molar-refractivity contribution is 7.17. The van der Waals surface area contributed by atoms with Gasteiger partial charge in [0, 0.05) is 4.88 Å². The Labute approximate surface area is 161 Å². The molecule has 3 rings (SSSR count). The van der Waals surface area contributed by atoms with Crippen LogP contribution >= 0.6 is 11.3 Å². The van der Waals surface area contributed by atoms with Crippen LogP contribution in [-0.4, -0.2) is 25.1 Å². The second-order valence-corrected chi connectivity index (χ2v) is 7.67. The van der Waals surface area contributed by atoms with Crippen LogP contribution in [0, 0.1) is 11.7 Å². The molecule has 27 heavy (non-hydrogen) atoms. The highest BCUT2D eigenvalue weighted by Crippen LogP contribution is 2.40. The molecule has 1 aromatic carbocycles. The van der Waals surface area contributed by atoms with Crippen molar-refractivity contribution in [2.45, 2.75) is 33.1 Å². The zero-order valence-electron chi connectivity index (χ0n) is 15.3. The van der Waals surface area contributed by atoms with E-state index >= 15 is 0 Å². The Hall–Kier alpha value is -2.41. The SMILES string of the molecule is CCOC(=O)c1c(NC(=O)COc2ccc(F)cc2)sc2c1CC[C@@H](C)C2. The quantitative estimate of drug-likeness (QED) is 0.750. The van der Waals surface area contributed by atoms with Gasteiger partial charge in [-0.1, -0.05) is 6.92 Å². The first kappa shape index (κ1) is 19.4. The van der Waals surface area contributed by atoms with Gasteiger partial charge in [0.1, 0.15) is 16.6 Å². The highest BCUT2D eigenvalue weighted by Gasteiger charge is 2.29. The van der Waals surface area contributed by atoms with Gasteiger partial charge in [0.2, 0.25) is 0 Å². The van der Waals surface area contributed by atoms with Crippen molar-refractivity contribution in [1.82, 2.24) is 0 Å². The summed E-state index contributed by atoms with van der Waals surface area (Å²) < 4.78 is 23.5. The van der Waals surface area contributed by atoms with Crippen molar-refractivity contribution in [3.05, 3.63) is 46.1 Å². The van der Waals surface area contributed by atoms with Crippen molar-refractivity contribution in [3.63, 3.8) is 0 Å². The lowest BCUT2D eigenvalue weighted by molar-refractivity contribution is -0.118. The summed E-state index contributed by atoms with van der Waals surface area (Å²) >= 11 is 1.43. The fourth-order valence-electron chi connectivity index (χ4n) is 3.10. The molecule has 0 fully saturated rings. The molecule has 1 N–H and O–H groups in total. The zero-order chi connectivity index (χ0) is 19.4. The Bertz CT molecular complexity index is 831. The minimum Gasteiger partial charge on any atom is -0.484 e. The molecule has 144 valence electrons. The predicted octanol–water partition coefficient (Wildman–Crippen LogP) is 4.21. The number of hydrogen-bond acceptors (Lipinski definition) is 5. The second kappa shape index (κ2) is 8.52. The van der Waals surface area contributed by atoms with Crippen LogP contribution in [0.25, 0.3) is 0 Å². The number of carbonyl (C=O) groups excluding carboxylic acids is 2. The van der Waals surface area contributed by atoms with Gasteiger partial charge in [-0.05, 0) is 61.9 Å². The summed E-state index contributed by atoms with van der Waals surface area (Å²) in [4.78, 5) is 25.9. The maximum absolute atomic E-state index is 12.9. The largest absolute Gasteiger partial charge is 0.484 e. The minimum atomic E-state index is -0.403. The summed E-state index contributed by atoms with van der Waals surface area (Å²) in [5.41, 5.74) is 1.46. The maximum Gasteiger partial charge on any atom is 0.341 e. The van der Waals surface area contributed by atoms with Gasteiger partial charge in [0.05, 0.1) is 12.2 Å². The number of benzene rings is 1. The average Bonchev–Trinajstić information content (AvgIpc) is 2.98. The van der Waals surface area contributed by atoms with E-state index in [1.165, 1.54) is 35.6 Å². The first-order valence-corrected chi connectivity index (χ1v) is 9.79. The van der Waals surface area contributed by atoms with Gasteiger partial charge >= 0.3 is 5.97 Å². The van der Waals surface area contributed by atoms with Gasteiger partial charge < -0.3 is 14.8 Å². The third-order valence-electron chi connectivity index (χ3n) is 4.43. The molecule has 1 aromatic heterocycles. The van der Waals surface area contributed by atoms with Crippen molar-refractivity contribution in [1.29, 1.82) is 0 Å². The van der Waals surface area contributed by atoms with E-state index < -0.39 is 5.97 Å². The number of halogens is 1. The number of fused-ring (bicyclic) bond motifs is 1. The topological polar surface area (TPSA) is 64.6 Å². The van der Waals surface area contributed by atoms with Crippen LogP contribution in [0.3, 0.4) is 0 Å². The molecule has 5 nitrogen and oxygen atoms in total. The van der Waals surface area contributed by atoms with E-state index in [2.05, 4.69) is 12.2 Å². The molecule has 0 radical (unpaired) electrons. The summed E-state index contributed by atoms with van der Waals surface area (Å²) in [6.45, 7) is 3.99. The molecule has 0 spiro atoms. The average molecular weight is 391 g/mol. The number of esters is 1. The van der Waals surface area contributed by atoms with Gasteiger partial charge in [0.25, 0.3) is 5.91 Å². The van der Waals surface area contributed by atoms with E-state index in [1.807, 2.05) is 0 Å². The molecular formula is C20H22FNO4S. The number of carbonyl (C=O) groups is 2. The maximum atomic E-state index is 12.9. The first-order chi connectivity index (χ1) is 13.0. The van der Waals surface area contributed by atoms with Gasteiger partial charge in [-0.3, -0.25) is 4.79 Å². The lowest BCUT2D eigenvalue weighted by Crippen LogP contribution is -2.21. The van der Waals surface area contributed by atoms with Crippen LogP contribution in [-0.2, 0) is 22.4 Å². The number of ether oxygens (including phenoxy) is 2. The van der Waals surface area contributed by atoms with Crippen LogP contribution in [0.1, 0.15) is 41.1 Å². The van der Waals surface area contributed by atoms with Crippen LogP contribution in [0.5, 0.6) is 5.75 Å². The molecule has 0 saturated carbocycles. The van der Waals surface area contributed by atoms with E-state index in [4.69, 9.17) is 9.47 Å². The Morgan fingerprint density at radius 2 is 2.04 bits per heavy atom. The van der Waals surface area contributed by atoms with Crippen LogP contribution in [0.2, 0.25) is 0 Å². The number of thiophene rings is 1. The summed E-state index contributed by atoms with van der Waals surface area (Å²) in [5, 5.41) is 3.30. The molecule has 0 unspecified atom stereocenters. The number of hydrogen-bond donors (Lipinski definition) is 1. The van der Waals surface area contributed by atoms with Crippen molar-refractivity contribution in [2.75, 3.05) is 18.5 Å². The zero-order valence-corrected chi connectivity index (χ0v) is 16.2. The molecule has 1 heterocycles. The van der Waals surface area contributed by atoms with Crippen LogP contribution in [0.15, 0.2) is 24.3 Å². The molecule has 1 amide bonds. The van der Waals surface area contributed by atoms with Crippen LogP contribution < -0.4 is 10.1 Å². The van der Waals surface area contributed by atoms with Gasteiger partial charge in [0.15, 0.2) is 6.61 Å². The molecule has 1 aliphatic carbocycles. The molecule has 1 atom stereocenters. The lowest BCUT2D eigenvalue weighted by Gasteiger charge is -2.18. The summed E-state index contributed by atoms with van der Waals surface area (Å²) in [5.74, 6) is -0.201. The molecule has 0 saturated heterocycles. The fraction of sp³-hybridized carbons (Fsp3) is 0.400. The van der Waals surface area contributed by atoms with Crippen molar-refractivity contribution in [3.8, 4) is 5.75 Å². The standard InChI is InChI=1S/C20H22FNO4S/c1-3-25-20(24)18-15-9-4-12(2)10-16(15)27-19(18)22-17(23)11-26-14-7-5-13(21)6-8-14/h5-8,12H,3-4,9-11H2,1-2H3,(H,22,23)/t12-/m1/s1. The predicted molar refractivity (Wildman–Crippen MR) is 102 cm³/mol. The highest BCUT2D eigenvalue weighted by atomic mass is 32.1. The van der Waals surface area contributed by atoms with E-state index in [9.17, 15) is 14.0 Å². The Kier molecular flexibility index (Phi) is 6.11. The number of nitrogens with one attached hydrogen (secondary N) is 1. The Balaban J connectivity index is 1.73. The Morgan fingerprint density at radius 3 is 2.74 bits per heavy atom. The van der Waals surface area contributed by atoms with Crippen molar-refractivity contribution < 1.29 is 23.5 Å². The molecular weight excluding hydrogens is 369 g/mol. The number of rotatable bonds is 6. The van der Waals surface area contributed by atoms with E-state index in [1.54, 1.807) is 6.92 Å². The normalized spacial score (nSPS) is 15.7. The minimum absolute atomic E-state index is 0.229. The van der Waals surface area contributed by atoms with Crippen molar-refractivity contribution in [2.24, 2.45) is 5.92 Å². The molecule has 2 aromatic rings. The van der Waals surface area contributed by atoms with E-state index in [0.717, 1.165) is 29.7 Å². The molecule has 0 bridgehead atoms. The van der Waals surface area contributed by atoms with E-state index in [0.29, 0.717) is 22.2 Å². The molecule has 0 aliphatic heterocycles. The number of anilines is 1. The summed E-state index contributed by atoms with van der Waals surface area (Å²) in [6.07, 6.45) is 2.72.